The van der Waals surface area contributed by atoms with Gasteiger partial charge in [-0.05, 0) is 26.2 Å². The molecule has 0 aromatic carbocycles. The Bertz CT molecular complexity index is 128. The van der Waals surface area contributed by atoms with Crippen LogP contribution in [0.15, 0.2) is 0 Å². The molecule has 2 unspecified atom stereocenters. The van der Waals surface area contributed by atoms with Crippen molar-refractivity contribution in [3.8, 4) is 0 Å². The molecule has 0 saturated carbocycles. The Labute approximate surface area is 68.6 Å². The SMILES string of the molecule is CC(=O)C(CC(C)O)C(C)C. The van der Waals surface area contributed by atoms with Gasteiger partial charge in [-0.1, -0.05) is 13.8 Å². The van der Waals surface area contributed by atoms with Crippen molar-refractivity contribution in [1.82, 2.24) is 0 Å². The summed E-state index contributed by atoms with van der Waals surface area (Å²) >= 11 is 0. The highest BCUT2D eigenvalue weighted by Crippen LogP contribution is 2.17. The monoisotopic (exact) mass is 158 g/mol. The Morgan fingerprint density at radius 1 is 1.36 bits per heavy atom. The van der Waals surface area contributed by atoms with Crippen molar-refractivity contribution in [2.24, 2.45) is 11.8 Å². The number of carbonyl (C=O) groups excluding carboxylic acids is 1. The third-order valence-electron chi connectivity index (χ3n) is 1.92. The van der Waals surface area contributed by atoms with E-state index in [1.807, 2.05) is 13.8 Å². The van der Waals surface area contributed by atoms with E-state index in [2.05, 4.69) is 0 Å². The molecule has 11 heavy (non-hydrogen) atoms. The number of hydrogen-bond donors (Lipinski definition) is 1. The van der Waals surface area contributed by atoms with Gasteiger partial charge in [-0.3, -0.25) is 4.79 Å². The molecule has 2 atom stereocenters. The van der Waals surface area contributed by atoms with Crippen LogP contribution in [0.5, 0.6) is 0 Å². The predicted molar refractivity (Wildman–Crippen MR) is 45.3 cm³/mol. The van der Waals surface area contributed by atoms with E-state index in [0.29, 0.717) is 12.3 Å². The summed E-state index contributed by atoms with van der Waals surface area (Å²) in [6, 6.07) is 0. The van der Waals surface area contributed by atoms with E-state index in [4.69, 9.17) is 5.11 Å². The van der Waals surface area contributed by atoms with Gasteiger partial charge in [-0.15, -0.1) is 0 Å². The first-order chi connectivity index (χ1) is 4.95. The number of ketones is 1. The first-order valence-corrected chi connectivity index (χ1v) is 4.13. The molecular weight excluding hydrogens is 140 g/mol. The Hall–Kier alpha value is -0.370. The minimum Gasteiger partial charge on any atom is -0.393 e. The molecule has 0 amide bonds. The lowest BCUT2D eigenvalue weighted by atomic mass is 9.87. The van der Waals surface area contributed by atoms with Crippen molar-refractivity contribution in [1.29, 1.82) is 0 Å². The molecule has 2 heteroatoms. The van der Waals surface area contributed by atoms with Crippen LogP contribution in [0.4, 0.5) is 0 Å². The third kappa shape index (κ3) is 4.14. The summed E-state index contributed by atoms with van der Waals surface area (Å²) in [5.41, 5.74) is 0. The maximum absolute atomic E-state index is 11.0. The molecule has 0 aliphatic heterocycles. The molecule has 0 aliphatic rings. The smallest absolute Gasteiger partial charge is 0.133 e. The van der Waals surface area contributed by atoms with E-state index in [0.717, 1.165) is 0 Å². The van der Waals surface area contributed by atoms with Crippen LogP contribution in [0.25, 0.3) is 0 Å². The fraction of sp³-hybridized carbons (Fsp3) is 0.889. The molecule has 1 N–H and O–H groups in total. The number of aliphatic hydroxyl groups is 1. The Morgan fingerprint density at radius 2 is 1.82 bits per heavy atom. The van der Waals surface area contributed by atoms with Crippen LogP contribution < -0.4 is 0 Å². The molecular formula is C9H18O2. The van der Waals surface area contributed by atoms with Gasteiger partial charge in [0.1, 0.15) is 5.78 Å². The van der Waals surface area contributed by atoms with E-state index in [-0.39, 0.29) is 17.8 Å². The molecule has 66 valence electrons. The summed E-state index contributed by atoms with van der Waals surface area (Å²) in [4.78, 5) is 11.0. The van der Waals surface area contributed by atoms with Gasteiger partial charge in [0.25, 0.3) is 0 Å². The van der Waals surface area contributed by atoms with Gasteiger partial charge in [-0.2, -0.15) is 0 Å². The van der Waals surface area contributed by atoms with E-state index in [1.54, 1.807) is 13.8 Å². The van der Waals surface area contributed by atoms with Gasteiger partial charge in [-0.25, -0.2) is 0 Å². The Morgan fingerprint density at radius 3 is 1.91 bits per heavy atom. The van der Waals surface area contributed by atoms with Crippen molar-refractivity contribution < 1.29 is 9.90 Å². The molecule has 0 bridgehead atoms. The van der Waals surface area contributed by atoms with Crippen LogP contribution in [0, 0.1) is 11.8 Å². The first kappa shape index (κ1) is 10.6. The quantitative estimate of drug-likeness (QED) is 0.675. The van der Waals surface area contributed by atoms with E-state index >= 15 is 0 Å². The largest absolute Gasteiger partial charge is 0.393 e. The zero-order chi connectivity index (χ0) is 9.02. The predicted octanol–water partition coefficient (Wildman–Crippen LogP) is 1.62. The van der Waals surface area contributed by atoms with Crippen LogP contribution >= 0.6 is 0 Å². The van der Waals surface area contributed by atoms with Crippen LogP contribution in [-0.4, -0.2) is 17.0 Å². The Kier molecular flexibility index (Phi) is 4.34. The highest BCUT2D eigenvalue weighted by molar-refractivity contribution is 5.78. The summed E-state index contributed by atoms with van der Waals surface area (Å²) in [6.45, 7) is 7.33. The first-order valence-electron chi connectivity index (χ1n) is 4.13. The summed E-state index contributed by atoms with van der Waals surface area (Å²) in [6.07, 6.45) is 0.221. The third-order valence-corrected chi connectivity index (χ3v) is 1.92. The topological polar surface area (TPSA) is 37.3 Å². The average molecular weight is 158 g/mol. The second-order valence-corrected chi connectivity index (χ2v) is 3.55. The van der Waals surface area contributed by atoms with E-state index < -0.39 is 0 Å². The summed E-state index contributed by atoms with van der Waals surface area (Å²) in [5.74, 6) is 0.540. The molecule has 0 heterocycles. The van der Waals surface area contributed by atoms with Crippen molar-refractivity contribution in [3.05, 3.63) is 0 Å². The number of Topliss-reactive ketones (excluding diaryl/α,β-unsaturated/α-hetero) is 1. The molecule has 0 aromatic rings. The molecule has 0 radical (unpaired) electrons. The second kappa shape index (κ2) is 4.50. The van der Waals surface area contributed by atoms with Crippen molar-refractivity contribution >= 4 is 5.78 Å². The molecule has 0 saturated heterocycles. The van der Waals surface area contributed by atoms with Crippen LogP contribution in [-0.2, 0) is 4.79 Å². The zero-order valence-corrected chi connectivity index (χ0v) is 7.79. The second-order valence-electron chi connectivity index (χ2n) is 3.55. The molecule has 2 nitrogen and oxygen atoms in total. The van der Waals surface area contributed by atoms with Crippen LogP contribution in [0.3, 0.4) is 0 Å². The fourth-order valence-corrected chi connectivity index (χ4v) is 1.28. The number of carbonyl (C=O) groups is 1. The van der Waals surface area contributed by atoms with Crippen LogP contribution in [0.2, 0.25) is 0 Å². The summed E-state index contributed by atoms with van der Waals surface area (Å²) in [7, 11) is 0. The average Bonchev–Trinajstić information content (AvgIpc) is 1.81. The summed E-state index contributed by atoms with van der Waals surface area (Å²) < 4.78 is 0. The fourth-order valence-electron chi connectivity index (χ4n) is 1.28. The maximum atomic E-state index is 11.0. The number of hydrogen-bond acceptors (Lipinski definition) is 2. The molecule has 0 rings (SSSR count). The van der Waals surface area contributed by atoms with E-state index in [1.165, 1.54) is 0 Å². The lowest BCUT2D eigenvalue weighted by molar-refractivity contribution is -0.123. The molecule has 0 spiro atoms. The van der Waals surface area contributed by atoms with Gasteiger partial charge in [0.15, 0.2) is 0 Å². The number of aliphatic hydroxyl groups excluding tert-OH is 1. The normalized spacial score (nSPS) is 16.5. The van der Waals surface area contributed by atoms with Crippen molar-refractivity contribution in [2.75, 3.05) is 0 Å². The standard InChI is InChI=1S/C9H18O2/c1-6(2)9(8(4)11)5-7(3)10/h6-7,9-10H,5H2,1-4H3. The van der Waals surface area contributed by atoms with Crippen molar-refractivity contribution in [3.63, 3.8) is 0 Å². The number of rotatable bonds is 4. The maximum Gasteiger partial charge on any atom is 0.133 e. The lowest BCUT2D eigenvalue weighted by Crippen LogP contribution is -2.22. The van der Waals surface area contributed by atoms with Gasteiger partial charge < -0.3 is 5.11 Å². The van der Waals surface area contributed by atoms with Crippen LogP contribution in [0.1, 0.15) is 34.1 Å². The highest BCUT2D eigenvalue weighted by atomic mass is 16.3. The summed E-state index contributed by atoms with van der Waals surface area (Å²) in [5, 5.41) is 9.07. The minimum atomic E-state index is -0.369. The molecule has 0 fully saturated rings. The highest BCUT2D eigenvalue weighted by Gasteiger charge is 2.19. The molecule has 0 aromatic heterocycles. The zero-order valence-electron chi connectivity index (χ0n) is 7.79. The van der Waals surface area contributed by atoms with Gasteiger partial charge >= 0.3 is 0 Å². The minimum absolute atomic E-state index is 0.0231. The van der Waals surface area contributed by atoms with Gasteiger partial charge in [0, 0.05) is 5.92 Å². The lowest BCUT2D eigenvalue weighted by Gasteiger charge is -2.18. The molecule has 0 aliphatic carbocycles. The Balaban J connectivity index is 4.01. The van der Waals surface area contributed by atoms with Crippen molar-refractivity contribution in [2.45, 2.75) is 40.2 Å². The van der Waals surface area contributed by atoms with Gasteiger partial charge in [0.2, 0.25) is 0 Å². The van der Waals surface area contributed by atoms with Gasteiger partial charge in [0.05, 0.1) is 6.10 Å². The van der Waals surface area contributed by atoms with E-state index in [9.17, 15) is 4.79 Å².